The lowest BCUT2D eigenvalue weighted by Gasteiger charge is -2.29. The largest absolute Gasteiger partial charge is 0.368 e. The first-order valence-corrected chi connectivity index (χ1v) is 11.9. The van der Waals surface area contributed by atoms with E-state index in [4.69, 9.17) is 4.98 Å². The minimum absolute atomic E-state index is 0.192. The van der Waals surface area contributed by atoms with Crippen LogP contribution < -0.4 is 20.4 Å². The predicted molar refractivity (Wildman–Crippen MR) is 137 cm³/mol. The van der Waals surface area contributed by atoms with Crippen LogP contribution >= 0.6 is 0 Å². The number of pyridine rings is 1. The van der Waals surface area contributed by atoms with E-state index >= 15 is 0 Å². The first-order chi connectivity index (χ1) is 17.1. The molecule has 35 heavy (non-hydrogen) atoms. The average molecular weight is 474 g/mol. The highest BCUT2D eigenvalue weighted by atomic mass is 19.1. The summed E-state index contributed by atoms with van der Waals surface area (Å²) < 4.78 is 14.7. The smallest absolute Gasteiger partial charge is 0.229 e. The molecule has 0 saturated carbocycles. The number of nitrogens with one attached hydrogen (secondary N) is 2. The molecule has 0 unspecified atom stereocenters. The molecule has 180 valence electrons. The summed E-state index contributed by atoms with van der Waals surface area (Å²) in [7, 11) is 0. The van der Waals surface area contributed by atoms with Gasteiger partial charge < -0.3 is 20.4 Å². The van der Waals surface area contributed by atoms with Crippen molar-refractivity contribution in [2.75, 3.05) is 54.4 Å². The number of piperazine rings is 1. The maximum atomic E-state index is 14.7. The third-order valence-electron chi connectivity index (χ3n) is 6.10. The first-order valence-electron chi connectivity index (χ1n) is 11.9. The zero-order chi connectivity index (χ0) is 24.2. The van der Waals surface area contributed by atoms with E-state index < -0.39 is 5.82 Å². The van der Waals surface area contributed by atoms with Crippen molar-refractivity contribution in [3.63, 3.8) is 0 Å². The molecular formula is C25H28FN9. The molecule has 1 aromatic carbocycles. The number of hydrogen-bond acceptors (Lipinski definition) is 9. The molecule has 1 saturated heterocycles. The van der Waals surface area contributed by atoms with Crippen LogP contribution in [0.4, 0.5) is 27.7 Å². The van der Waals surface area contributed by atoms with Gasteiger partial charge >= 0.3 is 0 Å². The highest BCUT2D eigenvalue weighted by Crippen LogP contribution is 2.26. The number of hydrogen-bond donors (Lipinski definition) is 2. The number of nitrogens with zero attached hydrogens (tertiary/aromatic N) is 7. The van der Waals surface area contributed by atoms with E-state index in [1.54, 1.807) is 12.3 Å². The summed E-state index contributed by atoms with van der Waals surface area (Å²) in [5.74, 6) is 1.15. The topological polar surface area (TPSA) is 95.0 Å². The summed E-state index contributed by atoms with van der Waals surface area (Å²) >= 11 is 0. The number of benzene rings is 1. The lowest BCUT2D eigenvalue weighted by atomic mass is 10.1. The molecule has 10 heteroatoms. The van der Waals surface area contributed by atoms with E-state index in [2.05, 4.69) is 54.2 Å². The fourth-order valence-corrected chi connectivity index (χ4v) is 4.16. The molecular weight excluding hydrogens is 445 g/mol. The zero-order valence-electron chi connectivity index (χ0n) is 19.9. The average Bonchev–Trinajstić information content (AvgIpc) is 2.91. The second-order valence-corrected chi connectivity index (χ2v) is 8.26. The number of halogens is 1. The minimum Gasteiger partial charge on any atom is -0.368 e. The molecule has 3 aromatic heterocycles. The van der Waals surface area contributed by atoms with Gasteiger partial charge in [0.15, 0.2) is 5.82 Å². The van der Waals surface area contributed by atoms with Crippen molar-refractivity contribution in [1.29, 1.82) is 0 Å². The summed E-state index contributed by atoms with van der Waals surface area (Å²) in [5, 5.41) is 6.43. The molecule has 1 fully saturated rings. The lowest BCUT2D eigenvalue weighted by Crippen LogP contribution is -2.43. The molecule has 0 bridgehead atoms. The fourth-order valence-electron chi connectivity index (χ4n) is 4.16. The van der Waals surface area contributed by atoms with Crippen molar-refractivity contribution in [2.45, 2.75) is 13.8 Å². The molecule has 0 atom stereocenters. The van der Waals surface area contributed by atoms with Gasteiger partial charge in [-0.3, -0.25) is 4.98 Å². The van der Waals surface area contributed by atoms with E-state index in [0.717, 1.165) is 56.3 Å². The highest BCUT2D eigenvalue weighted by Gasteiger charge is 2.14. The third kappa shape index (κ3) is 4.97. The predicted octanol–water partition coefficient (Wildman–Crippen LogP) is 3.62. The van der Waals surface area contributed by atoms with Gasteiger partial charge in [-0.1, -0.05) is 6.07 Å². The zero-order valence-corrected chi connectivity index (χ0v) is 19.9. The van der Waals surface area contributed by atoms with Crippen molar-refractivity contribution >= 4 is 34.3 Å². The Morgan fingerprint density at radius 1 is 0.943 bits per heavy atom. The van der Waals surface area contributed by atoms with E-state index in [1.807, 2.05) is 30.5 Å². The number of fused-ring (bicyclic) bond motifs is 1. The Balaban J connectivity index is 1.39. The Bertz CT molecular complexity index is 1300. The quantitative estimate of drug-likeness (QED) is 0.417. The van der Waals surface area contributed by atoms with Gasteiger partial charge in [-0.05, 0) is 38.1 Å². The Morgan fingerprint density at radius 3 is 2.51 bits per heavy atom. The summed E-state index contributed by atoms with van der Waals surface area (Å²) in [6.07, 6.45) is 4.76. The fraction of sp³-hybridized carbons (Fsp3) is 0.320. The molecule has 0 spiro atoms. The molecule has 4 aromatic rings. The molecule has 4 heterocycles. The van der Waals surface area contributed by atoms with Gasteiger partial charge in [0.1, 0.15) is 17.3 Å². The van der Waals surface area contributed by atoms with E-state index in [-0.39, 0.29) is 11.6 Å². The van der Waals surface area contributed by atoms with Crippen molar-refractivity contribution in [2.24, 2.45) is 0 Å². The van der Waals surface area contributed by atoms with E-state index in [1.165, 1.54) is 6.20 Å². The standard InChI is InChI=1S/C25H28FN9/c1-3-34(4-2)23-16-28-20-7-5-17(13-21(20)31-23)24-19(26)15-30-25(33-24)32-22-8-6-18(14-29-22)35-11-9-27-10-12-35/h5-8,13-16,27H,3-4,9-12H2,1-2H3,(H,29,30,32,33). The van der Waals surface area contributed by atoms with Gasteiger partial charge in [-0.25, -0.2) is 24.3 Å². The molecule has 5 rings (SSSR count). The van der Waals surface area contributed by atoms with Crippen LogP contribution in [0.5, 0.6) is 0 Å². The van der Waals surface area contributed by atoms with Crippen LogP contribution in [0.15, 0.2) is 48.9 Å². The number of anilines is 4. The molecule has 1 aliphatic rings. The van der Waals surface area contributed by atoms with Crippen LogP contribution in [0.25, 0.3) is 22.3 Å². The molecule has 0 aliphatic carbocycles. The Labute approximate surface area is 203 Å². The van der Waals surface area contributed by atoms with Crippen LogP contribution in [-0.4, -0.2) is 64.2 Å². The monoisotopic (exact) mass is 473 g/mol. The van der Waals surface area contributed by atoms with Crippen LogP contribution in [0.2, 0.25) is 0 Å². The minimum atomic E-state index is -0.509. The maximum Gasteiger partial charge on any atom is 0.229 e. The van der Waals surface area contributed by atoms with Gasteiger partial charge in [0.2, 0.25) is 5.95 Å². The third-order valence-corrected chi connectivity index (χ3v) is 6.10. The van der Waals surface area contributed by atoms with Gasteiger partial charge in [-0.2, -0.15) is 0 Å². The first kappa shape index (κ1) is 22.9. The van der Waals surface area contributed by atoms with Crippen LogP contribution in [0, 0.1) is 5.82 Å². The lowest BCUT2D eigenvalue weighted by molar-refractivity contribution is 0.589. The van der Waals surface area contributed by atoms with Crippen LogP contribution in [0.1, 0.15) is 13.8 Å². The number of rotatable bonds is 7. The number of aromatic nitrogens is 5. The van der Waals surface area contributed by atoms with E-state index in [0.29, 0.717) is 16.9 Å². The van der Waals surface area contributed by atoms with Gasteiger partial charge in [0, 0.05) is 44.8 Å². The van der Waals surface area contributed by atoms with Crippen molar-refractivity contribution in [3.8, 4) is 11.3 Å². The SMILES string of the molecule is CCN(CC)c1cnc2ccc(-c3nc(Nc4ccc(N5CCNCC5)cn4)ncc3F)cc2n1. The van der Waals surface area contributed by atoms with Gasteiger partial charge in [-0.15, -0.1) is 0 Å². The Hall–Kier alpha value is -3.92. The second-order valence-electron chi connectivity index (χ2n) is 8.26. The van der Waals surface area contributed by atoms with Crippen molar-refractivity contribution in [1.82, 2.24) is 30.2 Å². The molecule has 9 nitrogen and oxygen atoms in total. The molecule has 1 aliphatic heterocycles. The summed E-state index contributed by atoms with van der Waals surface area (Å²) in [4.78, 5) is 26.7. The molecule has 0 radical (unpaired) electrons. The van der Waals surface area contributed by atoms with Crippen molar-refractivity contribution in [3.05, 3.63) is 54.7 Å². The maximum absolute atomic E-state index is 14.7. The van der Waals surface area contributed by atoms with Crippen LogP contribution in [-0.2, 0) is 0 Å². The summed E-state index contributed by atoms with van der Waals surface area (Å²) in [5.41, 5.74) is 3.29. The second kappa shape index (κ2) is 10.1. The normalized spacial score (nSPS) is 13.7. The van der Waals surface area contributed by atoms with E-state index in [9.17, 15) is 4.39 Å². The summed E-state index contributed by atoms with van der Waals surface area (Å²) in [6.45, 7) is 9.63. The Kier molecular flexibility index (Phi) is 6.62. The summed E-state index contributed by atoms with van der Waals surface area (Å²) in [6, 6.07) is 9.33. The Morgan fingerprint density at radius 2 is 1.77 bits per heavy atom. The molecule has 0 amide bonds. The van der Waals surface area contributed by atoms with Crippen molar-refractivity contribution < 1.29 is 4.39 Å². The van der Waals surface area contributed by atoms with Gasteiger partial charge in [0.05, 0.1) is 35.3 Å². The molecule has 2 N–H and O–H groups in total. The highest BCUT2D eigenvalue weighted by molar-refractivity contribution is 5.81. The van der Waals surface area contributed by atoms with Gasteiger partial charge in [0.25, 0.3) is 0 Å². The van der Waals surface area contributed by atoms with Crippen LogP contribution in [0.3, 0.4) is 0 Å².